The van der Waals surface area contributed by atoms with Crippen LogP contribution >= 0.6 is 22.9 Å². The Morgan fingerprint density at radius 3 is 2.75 bits per heavy atom. The van der Waals surface area contributed by atoms with Crippen LogP contribution in [-0.2, 0) is 6.42 Å². The number of anilines is 1. The van der Waals surface area contributed by atoms with Crippen LogP contribution in [0, 0.1) is 5.92 Å². The van der Waals surface area contributed by atoms with E-state index < -0.39 is 0 Å². The van der Waals surface area contributed by atoms with Gasteiger partial charge < -0.3 is 10.4 Å². The Morgan fingerprint density at radius 1 is 1.40 bits per heavy atom. The normalized spacial score (nSPS) is 13.1. The van der Waals surface area contributed by atoms with Gasteiger partial charge in [-0.1, -0.05) is 20.8 Å². The number of hydrogen-bond acceptors (Lipinski definition) is 5. The van der Waals surface area contributed by atoms with Crippen molar-refractivity contribution in [1.82, 2.24) is 9.97 Å². The summed E-state index contributed by atoms with van der Waals surface area (Å²) in [6.45, 7) is 6.45. The molecule has 2 N–H and O–H groups in total. The number of halogens is 1. The predicted molar refractivity (Wildman–Crippen MR) is 85.8 cm³/mol. The Kier molecular flexibility index (Phi) is 5.18. The van der Waals surface area contributed by atoms with E-state index in [-0.39, 0.29) is 17.9 Å². The highest BCUT2D eigenvalue weighted by molar-refractivity contribution is 7.18. The first-order valence-corrected chi connectivity index (χ1v) is 8.06. The summed E-state index contributed by atoms with van der Waals surface area (Å²) >= 11 is 7.63. The van der Waals surface area contributed by atoms with E-state index in [0.717, 1.165) is 28.9 Å². The molecule has 110 valence electrons. The zero-order valence-electron chi connectivity index (χ0n) is 12.0. The molecule has 0 spiro atoms. The molecule has 0 aromatic carbocycles. The van der Waals surface area contributed by atoms with Crippen LogP contribution < -0.4 is 5.32 Å². The van der Waals surface area contributed by atoms with Gasteiger partial charge in [0.25, 0.3) is 0 Å². The van der Waals surface area contributed by atoms with Gasteiger partial charge in [-0.15, -0.1) is 11.3 Å². The Labute approximate surface area is 128 Å². The highest BCUT2D eigenvalue weighted by atomic mass is 35.5. The molecule has 0 radical (unpaired) electrons. The van der Waals surface area contributed by atoms with Crippen molar-refractivity contribution in [2.24, 2.45) is 5.92 Å². The fourth-order valence-electron chi connectivity index (χ4n) is 2.17. The standard InChI is InChI=1S/C14H20ClN3OS/c1-4-10-6-11-12(16-9(7-19)5-8(2)3)17-14(15)18-13(11)20-10/h6,8-9,19H,4-5,7H2,1-3H3,(H,16,17,18). The average Bonchev–Trinajstić information content (AvgIpc) is 2.80. The molecular formula is C14H20ClN3OS. The summed E-state index contributed by atoms with van der Waals surface area (Å²) in [6, 6.07) is 2.08. The molecule has 1 atom stereocenters. The van der Waals surface area contributed by atoms with Crippen LogP contribution in [0.25, 0.3) is 10.2 Å². The third-order valence-electron chi connectivity index (χ3n) is 3.08. The van der Waals surface area contributed by atoms with Crippen LogP contribution in [0.2, 0.25) is 5.28 Å². The SMILES string of the molecule is CCc1cc2c(NC(CO)CC(C)C)nc(Cl)nc2s1. The zero-order chi connectivity index (χ0) is 14.7. The molecular weight excluding hydrogens is 294 g/mol. The first-order valence-electron chi connectivity index (χ1n) is 6.86. The van der Waals surface area contributed by atoms with Crippen molar-refractivity contribution in [2.75, 3.05) is 11.9 Å². The summed E-state index contributed by atoms with van der Waals surface area (Å²) < 4.78 is 0. The maximum atomic E-state index is 9.49. The maximum absolute atomic E-state index is 9.49. The Morgan fingerprint density at radius 2 is 2.15 bits per heavy atom. The first-order chi connectivity index (χ1) is 9.53. The molecule has 0 fully saturated rings. The van der Waals surface area contributed by atoms with E-state index in [9.17, 15) is 5.11 Å². The first kappa shape index (κ1) is 15.5. The van der Waals surface area contributed by atoms with Gasteiger partial charge >= 0.3 is 0 Å². The van der Waals surface area contributed by atoms with E-state index in [4.69, 9.17) is 11.6 Å². The van der Waals surface area contributed by atoms with Crippen LogP contribution in [0.4, 0.5) is 5.82 Å². The maximum Gasteiger partial charge on any atom is 0.225 e. The molecule has 0 aliphatic rings. The summed E-state index contributed by atoms with van der Waals surface area (Å²) in [6.07, 6.45) is 1.85. The molecule has 0 aliphatic carbocycles. The van der Waals surface area contributed by atoms with Crippen LogP contribution in [-0.4, -0.2) is 27.7 Å². The van der Waals surface area contributed by atoms with E-state index in [0.29, 0.717) is 5.92 Å². The highest BCUT2D eigenvalue weighted by Gasteiger charge is 2.15. The fourth-order valence-corrected chi connectivity index (χ4v) is 3.36. The molecule has 0 bridgehead atoms. The number of aliphatic hydroxyl groups is 1. The van der Waals surface area contributed by atoms with Gasteiger partial charge in [-0.2, -0.15) is 0 Å². The van der Waals surface area contributed by atoms with Crippen LogP contribution in [0.5, 0.6) is 0 Å². The smallest absolute Gasteiger partial charge is 0.225 e. The van der Waals surface area contributed by atoms with Crippen molar-refractivity contribution < 1.29 is 5.11 Å². The number of fused-ring (bicyclic) bond motifs is 1. The van der Waals surface area contributed by atoms with E-state index in [2.05, 4.69) is 42.1 Å². The van der Waals surface area contributed by atoms with Crippen molar-refractivity contribution in [3.63, 3.8) is 0 Å². The lowest BCUT2D eigenvalue weighted by Gasteiger charge is -2.19. The Bertz CT molecular complexity index is 585. The van der Waals surface area contributed by atoms with Crippen molar-refractivity contribution >= 4 is 39.0 Å². The second-order valence-electron chi connectivity index (χ2n) is 5.28. The number of nitrogens with zero attached hydrogens (tertiary/aromatic N) is 2. The molecule has 2 heterocycles. The largest absolute Gasteiger partial charge is 0.394 e. The topological polar surface area (TPSA) is 58.0 Å². The van der Waals surface area contributed by atoms with Gasteiger partial charge in [0.1, 0.15) is 10.6 Å². The lowest BCUT2D eigenvalue weighted by molar-refractivity contribution is 0.259. The summed E-state index contributed by atoms with van der Waals surface area (Å²) in [7, 11) is 0. The minimum atomic E-state index is -0.0193. The molecule has 2 rings (SSSR count). The number of aromatic nitrogens is 2. The second-order valence-corrected chi connectivity index (χ2v) is 6.73. The van der Waals surface area contributed by atoms with Gasteiger partial charge in [0, 0.05) is 4.88 Å². The predicted octanol–water partition coefficient (Wildman–Crippen LogP) is 3.73. The molecule has 2 aromatic heterocycles. The quantitative estimate of drug-likeness (QED) is 0.798. The van der Waals surface area contributed by atoms with E-state index in [1.165, 1.54) is 4.88 Å². The fraction of sp³-hybridized carbons (Fsp3) is 0.571. The summed E-state index contributed by atoms with van der Waals surface area (Å²) in [5, 5.41) is 14.0. The minimum absolute atomic E-state index is 0.0193. The summed E-state index contributed by atoms with van der Waals surface area (Å²) in [4.78, 5) is 10.7. The molecule has 4 nitrogen and oxygen atoms in total. The van der Waals surface area contributed by atoms with Crippen molar-refractivity contribution in [1.29, 1.82) is 0 Å². The Balaban J connectivity index is 2.34. The van der Waals surface area contributed by atoms with Crippen LogP contribution in [0.3, 0.4) is 0 Å². The molecule has 0 saturated heterocycles. The number of aliphatic hydroxyl groups excluding tert-OH is 1. The van der Waals surface area contributed by atoms with Crippen LogP contribution in [0.15, 0.2) is 6.07 Å². The van der Waals surface area contributed by atoms with Gasteiger partial charge in [0.05, 0.1) is 18.0 Å². The number of rotatable bonds is 6. The highest BCUT2D eigenvalue weighted by Crippen LogP contribution is 2.31. The van der Waals surface area contributed by atoms with Gasteiger partial charge in [-0.05, 0) is 36.4 Å². The second kappa shape index (κ2) is 6.70. The number of hydrogen-bond donors (Lipinski definition) is 2. The lowest BCUT2D eigenvalue weighted by Crippen LogP contribution is -2.26. The van der Waals surface area contributed by atoms with Crippen LogP contribution in [0.1, 0.15) is 32.1 Å². The van der Waals surface area contributed by atoms with Crippen molar-refractivity contribution in [3.8, 4) is 0 Å². The van der Waals surface area contributed by atoms with Crippen molar-refractivity contribution in [3.05, 3.63) is 16.2 Å². The molecule has 0 saturated carbocycles. The minimum Gasteiger partial charge on any atom is -0.394 e. The Hall–Kier alpha value is -0.910. The van der Waals surface area contributed by atoms with Gasteiger partial charge in [0.2, 0.25) is 5.28 Å². The number of aryl methyl sites for hydroxylation is 1. The molecule has 20 heavy (non-hydrogen) atoms. The molecule has 2 aromatic rings. The molecule has 6 heteroatoms. The third-order valence-corrected chi connectivity index (χ3v) is 4.42. The average molecular weight is 314 g/mol. The van der Waals surface area contributed by atoms with Gasteiger partial charge in [0.15, 0.2) is 0 Å². The molecule has 0 amide bonds. The summed E-state index contributed by atoms with van der Waals surface area (Å²) in [5.41, 5.74) is 0. The monoisotopic (exact) mass is 313 g/mol. The lowest BCUT2D eigenvalue weighted by atomic mass is 10.0. The van der Waals surface area contributed by atoms with E-state index >= 15 is 0 Å². The summed E-state index contributed by atoms with van der Waals surface area (Å²) in [5.74, 6) is 1.22. The third kappa shape index (κ3) is 3.59. The molecule has 0 aliphatic heterocycles. The number of nitrogens with one attached hydrogen (secondary N) is 1. The van der Waals surface area contributed by atoms with Gasteiger partial charge in [-0.3, -0.25) is 0 Å². The van der Waals surface area contributed by atoms with Crippen molar-refractivity contribution in [2.45, 2.75) is 39.7 Å². The van der Waals surface area contributed by atoms with Gasteiger partial charge in [-0.25, -0.2) is 9.97 Å². The zero-order valence-corrected chi connectivity index (χ0v) is 13.6. The van der Waals surface area contributed by atoms with E-state index in [1.54, 1.807) is 11.3 Å². The van der Waals surface area contributed by atoms with E-state index in [1.807, 2.05) is 0 Å². The molecule has 1 unspecified atom stereocenters. The number of thiophene rings is 1.